The fourth-order valence-corrected chi connectivity index (χ4v) is 2.42. The third-order valence-corrected chi connectivity index (χ3v) is 3.66. The molecule has 1 aromatic carbocycles. The minimum absolute atomic E-state index is 0.107. The van der Waals surface area contributed by atoms with E-state index in [1.807, 2.05) is 6.92 Å². The minimum atomic E-state index is -0.299. The zero-order chi connectivity index (χ0) is 16.3. The number of hydrogen-bond acceptors (Lipinski definition) is 4. The average Bonchev–Trinajstić information content (AvgIpc) is 2.78. The molecule has 5 heteroatoms. The van der Waals surface area contributed by atoms with E-state index in [1.165, 1.54) is 12.0 Å². The standard InChI is InChI=1S/C17H18N2O3/c1-5-15(22-4)11(2)14(18-3)10-19-16(20)12-8-6-7-9-13(12)17(19)21/h5-9H,1,10H2,2-4H3/b15-11-,18-14-. The van der Waals surface area contributed by atoms with Crippen LogP contribution < -0.4 is 0 Å². The minimum Gasteiger partial charge on any atom is -0.496 e. The van der Waals surface area contributed by atoms with Crippen LogP contribution in [-0.4, -0.2) is 43.1 Å². The molecule has 0 spiro atoms. The molecule has 0 fully saturated rings. The van der Waals surface area contributed by atoms with Gasteiger partial charge in [-0.1, -0.05) is 18.7 Å². The Labute approximate surface area is 129 Å². The fraction of sp³-hybridized carbons (Fsp3) is 0.235. The summed E-state index contributed by atoms with van der Waals surface area (Å²) >= 11 is 0. The highest BCUT2D eigenvalue weighted by Gasteiger charge is 2.35. The smallest absolute Gasteiger partial charge is 0.261 e. The molecule has 0 aromatic heterocycles. The van der Waals surface area contributed by atoms with Crippen LogP contribution >= 0.6 is 0 Å². The van der Waals surface area contributed by atoms with Crippen LogP contribution in [0.3, 0.4) is 0 Å². The van der Waals surface area contributed by atoms with Crippen LogP contribution in [0.4, 0.5) is 0 Å². The molecule has 0 aliphatic carbocycles. The molecule has 0 unspecified atom stereocenters. The molecule has 2 rings (SSSR count). The molecule has 0 bridgehead atoms. The van der Waals surface area contributed by atoms with Crippen molar-refractivity contribution in [3.63, 3.8) is 0 Å². The molecule has 0 saturated heterocycles. The zero-order valence-electron chi connectivity index (χ0n) is 12.9. The number of imide groups is 1. The van der Waals surface area contributed by atoms with Crippen LogP contribution in [0, 0.1) is 0 Å². The lowest BCUT2D eigenvalue weighted by molar-refractivity contribution is 0.0677. The summed E-state index contributed by atoms with van der Waals surface area (Å²) in [6, 6.07) is 6.80. The second kappa shape index (κ2) is 6.39. The number of aliphatic imine (C=N–C) groups is 1. The van der Waals surface area contributed by atoms with Crippen molar-refractivity contribution < 1.29 is 14.3 Å². The van der Waals surface area contributed by atoms with E-state index < -0.39 is 0 Å². The summed E-state index contributed by atoms with van der Waals surface area (Å²) in [6.45, 7) is 5.61. The van der Waals surface area contributed by atoms with Crippen LogP contribution in [0.1, 0.15) is 27.6 Å². The van der Waals surface area contributed by atoms with Crippen molar-refractivity contribution in [2.45, 2.75) is 6.92 Å². The number of nitrogens with zero attached hydrogens (tertiary/aromatic N) is 2. The molecule has 1 heterocycles. The third kappa shape index (κ3) is 2.57. The van der Waals surface area contributed by atoms with Gasteiger partial charge in [0.25, 0.3) is 11.8 Å². The van der Waals surface area contributed by atoms with Crippen molar-refractivity contribution in [3.05, 3.63) is 59.4 Å². The predicted octanol–water partition coefficient (Wildman–Crippen LogP) is 2.46. The number of ether oxygens (including phenoxy) is 1. The van der Waals surface area contributed by atoms with E-state index in [1.54, 1.807) is 37.4 Å². The molecule has 5 nitrogen and oxygen atoms in total. The first-order chi connectivity index (χ1) is 10.5. The Bertz CT molecular complexity index is 667. The van der Waals surface area contributed by atoms with Gasteiger partial charge < -0.3 is 4.74 Å². The molecule has 114 valence electrons. The van der Waals surface area contributed by atoms with Gasteiger partial charge in [-0.15, -0.1) is 0 Å². The summed E-state index contributed by atoms with van der Waals surface area (Å²) in [5.74, 6) is -0.0311. The molecule has 0 N–H and O–H groups in total. The first-order valence-corrected chi connectivity index (χ1v) is 6.83. The topological polar surface area (TPSA) is 59.0 Å². The fourth-order valence-electron chi connectivity index (χ4n) is 2.42. The number of hydrogen-bond donors (Lipinski definition) is 0. The highest BCUT2D eigenvalue weighted by Crippen LogP contribution is 2.23. The van der Waals surface area contributed by atoms with E-state index in [2.05, 4.69) is 11.6 Å². The largest absolute Gasteiger partial charge is 0.496 e. The SMILES string of the molecule is C=C/C(OC)=C(C)/C(CN1C(=O)c2ccccc2C1=O)=N\C. The highest BCUT2D eigenvalue weighted by atomic mass is 16.5. The normalized spacial score (nSPS) is 15.6. The molecule has 1 aromatic rings. The highest BCUT2D eigenvalue weighted by molar-refractivity contribution is 6.23. The Morgan fingerprint density at radius 3 is 2.23 bits per heavy atom. The number of benzene rings is 1. The van der Waals surface area contributed by atoms with Crippen LogP contribution in [0.5, 0.6) is 0 Å². The lowest BCUT2D eigenvalue weighted by atomic mass is 10.1. The van der Waals surface area contributed by atoms with Gasteiger partial charge in [0.1, 0.15) is 5.76 Å². The van der Waals surface area contributed by atoms with Gasteiger partial charge in [-0.05, 0) is 25.1 Å². The molecule has 0 atom stereocenters. The number of rotatable bonds is 5. The second-order valence-corrected chi connectivity index (χ2v) is 4.81. The van der Waals surface area contributed by atoms with Gasteiger partial charge in [0.15, 0.2) is 0 Å². The van der Waals surface area contributed by atoms with Gasteiger partial charge in [0, 0.05) is 12.6 Å². The van der Waals surface area contributed by atoms with Crippen LogP contribution in [0.25, 0.3) is 0 Å². The van der Waals surface area contributed by atoms with Crippen molar-refractivity contribution in [2.75, 3.05) is 20.7 Å². The molecule has 0 saturated carbocycles. The lowest BCUT2D eigenvalue weighted by Crippen LogP contribution is -2.35. The van der Waals surface area contributed by atoms with E-state index in [4.69, 9.17) is 4.74 Å². The van der Waals surface area contributed by atoms with Crippen LogP contribution in [0.2, 0.25) is 0 Å². The number of fused-ring (bicyclic) bond motifs is 1. The van der Waals surface area contributed by atoms with E-state index >= 15 is 0 Å². The van der Waals surface area contributed by atoms with E-state index in [0.717, 1.165) is 5.57 Å². The van der Waals surface area contributed by atoms with E-state index in [9.17, 15) is 9.59 Å². The zero-order valence-corrected chi connectivity index (χ0v) is 12.9. The summed E-state index contributed by atoms with van der Waals surface area (Å²) in [5.41, 5.74) is 2.21. The molecule has 2 amide bonds. The summed E-state index contributed by atoms with van der Waals surface area (Å²) in [6.07, 6.45) is 1.57. The van der Waals surface area contributed by atoms with Crippen molar-refractivity contribution in [3.8, 4) is 0 Å². The van der Waals surface area contributed by atoms with Gasteiger partial charge in [0.2, 0.25) is 0 Å². The van der Waals surface area contributed by atoms with Crippen molar-refractivity contribution in [1.82, 2.24) is 4.90 Å². The maximum absolute atomic E-state index is 12.4. The number of methoxy groups -OCH3 is 1. The molecular weight excluding hydrogens is 280 g/mol. The Morgan fingerprint density at radius 2 is 1.82 bits per heavy atom. The lowest BCUT2D eigenvalue weighted by Gasteiger charge is -2.17. The first-order valence-electron chi connectivity index (χ1n) is 6.83. The second-order valence-electron chi connectivity index (χ2n) is 4.81. The van der Waals surface area contributed by atoms with Crippen molar-refractivity contribution >= 4 is 17.5 Å². The number of allylic oxidation sites excluding steroid dienone is 1. The summed E-state index contributed by atoms with van der Waals surface area (Å²) in [5, 5.41) is 0. The third-order valence-electron chi connectivity index (χ3n) is 3.66. The van der Waals surface area contributed by atoms with Crippen molar-refractivity contribution in [1.29, 1.82) is 0 Å². The molecule has 1 aliphatic rings. The number of carbonyl (C=O) groups is 2. The van der Waals surface area contributed by atoms with E-state index in [-0.39, 0.29) is 18.4 Å². The Morgan fingerprint density at radius 1 is 1.27 bits per heavy atom. The molecule has 1 aliphatic heterocycles. The Balaban J connectivity index is 2.32. The van der Waals surface area contributed by atoms with Gasteiger partial charge in [-0.25, -0.2) is 0 Å². The van der Waals surface area contributed by atoms with Crippen molar-refractivity contribution in [2.24, 2.45) is 4.99 Å². The summed E-state index contributed by atoms with van der Waals surface area (Å²) < 4.78 is 5.22. The van der Waals surface area contributed by atoms with Crippen LogP contribution in [-0.2, 0) is 4.74 Å². The molecular formula is C17H18N2O3. The predicted molar refractivity (Wildman–Crippen MR) is 85.1 cm³/mol. The Kier molecular flexibility index (Phi) is 4.56. The summed E-state index contributed by atoms with van der Waals surface area (Å²) in [7, 11) is 3.16. The van der Waals surface area contributed by atoms with Crippen LogP contribution in [0.15, 0.2) is 53.2 Å². The van der Waals surface area contributed by atoms with Gasteiger partial charge in [-0.2, -0.15) is 0 Å². The molecule has 22 heavy (non-hydrogen) atoms. The monoisotopic (exact) mass is 298 g/mol. The number of amides is 2. The summed E-state index contributed by atoms with van der Waals surface area (Å²) in [4.78, 5) is 30.1. The van der Waals surface area contributed by atoms with E-state index in [0.29, 0.717) is 22.6 Å². The quantitative estimate of drug-likeness (QED) is 0.363. The average molecular weight is 298 g/mol. The van der Waals surface area contributed by atoms with Gasteiger partial charge >= 0.3 is 0 Å². The maximum atomic E-state index is 12.4. The van der Waals surface area contributed by atoms with Gasteiger partial charge in [0.05, 0.1) is 30.5 Å². The maximum Gasteiger partial charge on any atom is 0.261 e. The molecule has 0 radical (unpaired) electrons. The Hall–Kier alpha value is -2.69. The number of carbonyl (C=O) groups excluding carboxylic acids is 2. The first kappa shape index (κ1) is 15.7. The van der Waals surface area contributed by atoms with Gasteiger partial charge in [-0.3, -0.25) is 19.5 Å².